The summed E-state index contributed by atoms with van der Waals surface area (Å²) in [6.07, 6.45) is -0.751. The van der Waals surface area contributed by atoms with Crippen LogP contribution < -0.4 is 20.3 Å². The maximum atomic E-state index is 14.4. The highest BCUT2D eigenvalue weighted by Gasteiger charge is 2.39. The van der Waals surface area contributed by atoms with Crippen molar-refractivity contribution < 1.29 is 50.9 Å². The molecule has 0 saturated carbocycles. The molecule has 0 bridgehead atoms. The van der Waals surface area contributed by atoms with Gasteiger partial charge in [0.15, 0.2) is 15.5 Å². The predicted molar refractivity (Wildman–Crippen MR) is 234 cm³/mol. The number of pyridine rings is 1. The summed E-state index contributed by atoms with van der Waals surface area (Å²) in [5.74, 6) is -2.92. The Balaban J connectivity index is 1.46. The predicted octanol–water partition coefficient (Wildman–Crippen LogP) is 8.43. The van der Waals surface area contributed by atoms with E-state index in [0.717, 1.165) is 16.7 Å². The van der Waals surface area contributed by atoms with Crippen LogP contribution in [0.1, 0.15) is 73.8 Å². The van der Waals surface area contributed by atoms with Gasteiger partial charge in [0, 0.05) is 35.7 Å². The molecule has 0 aliphatic carbocycles. The second-order valence-electron chi connectivity index (χ2n) is 17.3. The van der Waals surface area contributed by atoms with Crippen molar-refractivity contribution in [1.29, 1.82) is 0 Å². The number of sulfone groups is 1. The van der Waals surface area contributed by atoms with Crippen LogP contribution in [-0.2, 0) is 33.6 Å². The van der Waals surface area contributed by atoms with Crippen molar-refractivity contribution in [3.05, 3.63) is 96.4 Å². The highest BCUT2D eigenvalue weighted by molar-refractivity contribution is 7.90. The standard InChI is InChI=1S/C45H53FN6O10S/c1-26(2)40(60-39(54)37(44(4,5)6)49-42(55)62-45(7,8)9)61-43(56)52(34-22-21-33(63(11,57)58)24-35(34)59-10)41-48-36-23-16-30(25-51(36)50-41)29-14-19-32(20-15-29)47-38(53)27(3)28-12-17-31(46)18-13-28/h12-27,37,40H,1-11H3,(H,47,53)(H,49,55)/t27-,37-,40?/m1/s1. The molecular formula is C45H53FN6O10S. The van der Waals surface area contributed by atoms with Gasteiger partial charge in [0.1, 0.15) is 23.2 Å². The van der Waals surface area contributed by atoms with Crippen molar-refractivity contribution in [3.63, 3.8) is 0 Å². The molecule has 18 heteroatoms. The van der Waals surface area contributed by atoms with Crippen molar-refractivity contribution in [1.82, 2.24) is 19.9 Å². The number of amides is 3. The largest absolute Gasteiger partial charge is 0.495 e. The number of esters is 1. The number of anilines is 3. The van der Waals surface area contributed by atoms with Crippen LogP contribution in [0, 0.1) is 17.2 Å². The summed E-state index contributed by atoms with van der Waals surface area (Å²) >= 11 is 0. The fraction of sp³-hybridized carbons (Fsp3) is 0.378. The van der Waals surface area contributed by atoms with Gasteiger partial charge >= 0.3 is 18.2 Å². The summed E-state index contributed by atoms with van der Waals surface area (Å²) in [5, 5.41) is 10.0. The minimum atomic E-state index is -3.70. The van der Waals surface area contributed by atoms with Gasteiger partial charge in [0.05, 0.1) is 23.6 Å². The van der Waals surface area contributed by atoms with Gasteiger partial charge in [0.2, 0.25) is 5.91 Å². The molecule has 3 atom stereocenters. The number of halogens is 1. The third-order valence-corrected chi connectivity index (χ3v) is 10.6. The molecule has 5 aromatic rings. The van der Waals surface area contributed by atoms with E-state index in [-0.39, 0.29) is 34.0 Å². The Morgan fingerprint density at radius 1 is 0.841 bits per heavy atom. The minimum Gasteiger partial charge on any atom is -0.495 e. The highest BCUT2D eigenvalue weighted by atomic mass is 32.2. The summed E-state index contributed by atoms with van der Waals surface area (Å²) in [6.45, 7) is 15.2. The third-order valence-electron chi connectivity index (χ3n) is 9.53. The van der Waals surface area contributed by atoms with Crippen molar-refractivity contribution in [2.45, 2.75) is 91.1 Å². The number of hydrogen-bond acceptors (Lipinski definition) is 12. The van der Waals surface area contributed by atoms with Crippen molar-refractivity contribution in [3.8, 4) is 16.9 Å². The molecule has 2 aromatic heterocycles. The number of carbonyl (C=O) groups excluding carboxylic acids is 4. The Morgan fingerprint density at radius 2 is 1.48 bits per heavy atom. The van der Waals surface area contributed by atoms with Crippen molar-refractivity contribution in [2.24, 2.45) is 11.3 Å². The Bertz CT molecular complexity index is 2580. The fourth-order valence-electron chi connectivity index (χ4n) is 6.08. The average Bonchev–Trinajstić information content (AvgIpc) is 3.61. The number of carbonyl (C=O) groups is 4. The Hall–Kier alpha value is -6.56. The molecule has 2 heterocycles. The van der Waals surface area contributed by atoms with Gasteiger partial charge in [-0.25, -0.2) is 36.6 Å². The van der Waals surface area contributed by atoms with Crippen LogP contribution in [0.3, 0.4) is 0 Å². The molecule has 5 rings (SSSR count). The number of aromatic nitrogens is 3. The first-order valence-corrected chi connectivity index (χ1v) is 21.9. The van der Waals surface area contributed by atoms with E-state index in [4.69, 9.17) is 18.9 Å². The molecule has 0 radical (unpaired) electrons. The molecule has 0 spiro atoms. The number of hydrogen-bond donors (Lipinski definition) is 2. The van der Waals surface area contributed by atoms with Crippen LogP contribution in [0.2, 0.25) is 0 Å². The van der Waals surface area contributed by atoms with Gasteiger partial charge < -0.3 is 29.6 Å². The van der Waals surface area contributed by atoms with Crippen LogP contribution in [0.25, 0.3) is 16.8 Å². The maximum Gasteiger partial charge on any atom is 0.424 e. The molecular weight excluding hydrogens is 836 g/mol. The van der Waals surface area contributed by atoms with Crippen LogP contribution in [-0.4, -0.2) is 78.4 Å². The summed E-state index contributed by atoms with van der Waals surface area (Å²) in [5.41, 5.74) is 1.28. The maximum absolute atomic E-state index is 14.4. The lowest BCUT2D eigenvalue weighted by molar-refractivity contribution is -0.179. The molecule has 0 saturated heterocycles. The van der Waals surface area contributed by atoms with Crippen LogP contribution >= 0.6 is 0 Å². The van der Waals surface area contributed by atoms with Gasteiger partial charge in [-0.15, -0.1) is 5.10 Å². The zero-order chi connectivity index (χ0) is 46.6. The van der Waals surface area contributed by atoms with E-state index in [1.807, 2.05) is 0 Å². The molecule has 3 aromatic carbocycles. The quantitative estimate of drug-likeness (QED) is 0.0847. The van der Waals surface area contributed by atoms with E-state index in [1.54, 1.807) is 117 Å². The van der Waals surface area contributed by atoms with Crippen LogP contribution in [0.15, 0.2) is 90.0 Å². The first kappa shape index (κ1) is 47.5. The first-order chi connectivity index (χ1) is 29.3. The summed E-state index contributed by atoms with van der Waals surface area (Å²) in [4.78, 5) is 59.3. The molecule has 2 N–H and O–H groups in total. The number of nitrogens with one attached hydrogen (secondary N) is 2. The lowest BCUT2D eigenvalue weighted by Crippen LogP contribution is -2.52. The molecule has 0 fully saturated rings. The molecule has 0 aliphatic heterocycles. The van der Waals surface area contributed by atoms with E-state index in [1.165, 1.54) is 42.0 Å². The Labute approximate surface area is 366 Å². The first-order valence-electron chi connectivity index (χ1n) is 20.0. The smallest absolute Gasteiger partial charge is 0.424 e. The van der Waals surface area contributed by atoms with Gasteiger partial charge in [-0.2, -0.15) is 4.98 Å². The van der Waals surface area contributed by atoms with Gasteiger partial charge in [-0.05, 0) is 92.8 Å². The number of alkyl carbamates (subject to hydrolysis) is 1. The number of fused-ring (bicyclic) bond motifs is 1. The number of ether oxygens (including phenoxy) is 4. The van der Waals surface area contributed by atoms with E-state index < -0.39 is 63.2 Å². The van der Waals surface area contributed by atoms with Crippen LogP contribution in [0.4, 0.5) is 31.3 Å². The Kier molecular flexibility index (Phi) is 14.2. The topological polar surface area (TPSA) is 197 Å². The zero-order valence-corrected chi connectivity index (χ0v) is 37.9. The number of nitrogens with zero attached hydrogens (tertiary/aromatic N) is 4. The Morgan fingerprint density at radius 3 is 2.05 bits per heavy atom. The van der Waals surface area contributed by atoms with E-state index >= 15 is 0 Å². The molecule has 0 aliphatic rings. The minimum absolute atomic E-state index is 0.00500. The highest BCUT2D eigenvalue weighted by Crippen LogP contribution is 2.36. The molecule has 3 amide bonds. The van der Waals surface area contributed by atoms with Crippen molar-refractivity contribution >= 4 is 56.9 Å². The van der Waals surface area contributed by atoms with E-state index in [0.29, 0.717) is 22.5 Å². The molecule has 16 nitrogen and oxygen atoms in total. The normalized spacial score (nSPS) is 13.4. The number of methoxy groups -OCH3 is 1. The molecule has 63 heavy (non-hydrogen) atoms. The third kappa shape index (κ3) is 12.1. The van der Waals surface area contributed by atoms with Crippen molar-refractivity contribution in [2.75, 3.05) is 23.6 Å². The van der Waals surface area contributed by atoms with E-state index in [2.05, 4.69) is 20.7 Å². The number of benzene rings is 3. The lowest BCUT2D eigenvalue weighted by atomic mass is 9.87. The second kappa shape index (κ2) is 18.8. The lowest BCUT2D eigenvalue weighted by Gasteiger charge is -2.32. The van der Waals surface area contributed by atoms with Crippen LogP contribution in [0.5, 0.6) is 5.75 Å². The molecule has 336 valence electrons. The van der Waals surface area contributed by atoms with Gasteiger partial charge in [-0.1, -0.05) is 58.9 Å². The van der Waals surface area contributed by atoms with E-state index in [9.17, 15) is 32.0 Å². The molecule has 1 unspecified atom stereocenters. The summed E-state index contributed by atoms with van der Waals surface area (Å²) in [6, 6.07) is 18.9. The monoisotopic (exact) mass is 888 g/mol. The summed E-state index contributed by atoms with van der Waals surface area (Å²) < 4.78 is 62.4. The second-order valence-corrected chi connectivity index (χ2v) is 19.3. The van der Waals surface area contributed by atoms with Gasteiger partial charge in [-0.3, -0.25) is 4.79 Å². The average molecular weight is 889 g/mol. The number of rotatable bonds is 13. The SMILES string of the molecule is COc1cc(S(C)(=O)=O)ccc1N(C(=O)OC(OC(=O)[C@@H](NC(=O)OC(C)(C)C)C(C)(C)C)C(C)C)c1nc2ccc(-c3ccc(NC(=O)[C@H](C)c4ccc(F)cc4)cc3)cn2n1. The zero-order valence-electron chi connectivity index (χ0n) is 37.0. The summed E-state index contributed by atoms with van der Waals surface area (Å²) in [7, 11) is -2.41. The fourth-order valence-corrected chi connectivity index (χ4v) is 6.72. The van der Waals surface area contributed by atoms with Gasteiger partial charge in [0.25, 0.3) is 12.2 Å².